The highest BCUT2D eigenvalue weighted by molar-refractivity contribution is 6.98. The van der Waals surface area contributed by atoms with E-state index >= 15 is 0 Å². The second kappa shape index (κ2) is 7.02. The van der Waals surface area contributed by atoms with Crippen LogP contribution in [0.4, 0.5) is 0 Å². The van der Waals surface area contributed by atoms with Crippen LogP contribution in [0, 0.1) is 6.92 Å². The van der Waals surface area contributed by atoms with Crippen LogP contribution in [0.2, 0.25) is 0 Å². The van der Waals surface area contributed by atoms with Gasteiger partial charge in [-0.2, -0.15) is 0 Å². The minimum absolute atomic E-state index is 0.0237. The van der Waals surface area contributed by atoms with E-state index in [1.54, 1.807) is 0 Å². The summed E-state index contributed by atoms with van der Waals surface area (Å²) in [5.41, 5.74) is 8.50. The molecule has 36 heavy (non-hydrogen) atoms. The number of nitrogens with zero attached hydrogens (tertiary/aromatic N) is 1. The summed E-state index contributed by atoms with van der Waals surface area (Å²) in [5, 5.41) is 2.15. The van der Waals surface area contributed by atoms with Gasteiger partial charge in [0, 0.05) is 28.4 Å². The molecule has 0 N–H and O–H groups in total. The normalized spacial score (nSPS) is 13.1. The van der Waals surface area contributed by atoms with Crippen molar-refractivity contribution in [2.45, 2.75) is 6.92 Å². The molecule has 0 unspecified atom stereocenters. The summed E-state index contributed by atoms with van der Waals surface area (Å²) in [6.07, 6.45) is 2.07. The largest absolute Gasteiger partial charge is 0.458 e. The molecule has 0 fully saturated rings. The Hall–Kier alpha value is -4.51. The third-order valence-corrected chi connectivity index (χ3v) is 7.59. The van der Waals surface area contributed by atoms with E-state index in [-0.39, 0.29) is 6.71 Å². The van der Waals surface area contributed by atoms with E-state index in [1.807, 2.05) is 36.4 Å². The molecule has 4 nitrogen and oxygen atoms in total. The monoisotopic (exact) mass is 466 g/mol. The van der Waals surface area contributed by atoms with Gasteiger partial charge in [0.05, 0.1) is 5.56 Å². The third-order valence-electron chi connectivity index (χ3n) is 7.59. The molecule has 0 bridgehead atoms. The van der Waals surface area contributed by atoms with Crippen molar-refractivity contribution in [3.05, 3.63) is 96.7 Å². The molecular weight excluding hydrogens is 445 g/mol. The lowest BCUT2D eigenvalue weighted by Crippen LogP contribution is -2.57. The lowest BCUT2D eigenvalue weighted by Gasteiger charge is -2.32. The number of para-hydroxylation sites is 1. The van der Waals surface area contributed by atoms with Gasteiger partial charge in [0.15, 0.2) is 6.20 Å². The van der Waals surface area contributed by atoms with Crippen LogP contribution in [0.15, 0.2) is 95.5 Å². The topological polar surface area (TPSA) is 35.5 Å². The van der Waals surface area contributed by atoms with Gasteiger partial charge in [-0.15, -0.1) is 0 Å². The fraction of sp³-hybridized carbons (Fsp3) is 0.0645. The SMILES string of the molecule is Cc1ccc2c(oc3cc4c(cc32)Oc2cccc3c2B4c2ccccc2O3)c1-c1cccc[n+]1C. The van der Waals surface area contributed by atoms with Crippen LogP contribution in [0.1, 0.15) is 5.56 Å². The standard InChI is InChI=1S/C31H21BNO3/c1-18-13-14-19-20-16-28-22(17-27(20)36-31(19)29(18)23-9-5-6-15-33(23)2)32-21-8-3-4-10-24(21)34-25-11-7-12-26(35-28)30(25)32/h3-17H,1-2H3/q+1. The first-order chi connectivity index (χ1) is 17.7. The highest BCUT2D eigenvalue weighted by Gasteiger charge is 2.40. The Morgan fingerprint density at radius 2 is 1.47 bits per heavy atom. The smallest absolute Gasteiger partial charge is 0.260 e. The van der Waals surface area contributed by atoms with Crippen molar-refractivity contribution >= 4 is 45.0 Å². The molecule has 2 aromatic heterocycles. The first-order valence-corrected chi connectivity index (χ1v) is 12.2. The average Bonchev–Trinajstić information content (AvgIpc) is 3.25. The number of benzene rings is 4. The Morgan fingerprint density at radius 3 is 2.33 bits per heavy atom. The molecule has 2 aliphatic rings. The fourth-order valence-electron chi connectivity index (χ4n) is 5.91. The van der Waals surface area contributed by atoms with Crippen molar-refractivity contribution in [1.82, 2.24) is 0 Å². The van der Waals surface area contributed by atoms with Crippen molar-refractivity contribution in [3.63, 3.8) is 0 Å². The van der Waals surface area contributed by atoms with Gasteiger partial charge in [0.1, 0.15) is 41.2 Å². The van der Waals surface area contributed by atoms with E-state index in [0.29, 0.717) is 0 Å². The minimum Gasteiger partial charge on any atom is -0.458 e. The van der Waals surface area contributed by atoms with E-state index in [9.17, 15) is 0 Å². The van der Waals surface area contributed by atoms with E-state index in [4.69, 9.17) is 13.9 Å². The van der Waals surface area contributed by atoms with Crippen LogP contribution >= 0.6 is 0 Å². The fourth-order valence-corrected chi connectivity index (χ4v) is 5.91. The molecule has 0 aliphatic carbocycles. The number of hydrogen-bond acceptors (Lipinski definition) is 3. The van der Waals surface area contributed by atoms with Gasteiger partial charge in [0.25, 0.3) is 6.71 Å². The summed E-state index contributed by atoms with van der Waals surface area (Å²) < 4.78 is 21.6. The van der Waals surface area contributed by atoms with Gasteiger partial charge in [0.2, 0.25) is 5.69 Å². The van der Waals surface area contributed by atoms with Crippen molar-refractivity contribution < 1.29 is 18.5 Å². The molecule has 5 heteroatoms. The Balaban J connectivity index is 1.43. The zero-order chi connectivity index (χ0) is 24.0. The summed E-state index contributed by atoms with van der Waals surface area (Å²) in [4.78, 5) is 0. The third kappa shape index (κ3) is 2.57. The first-order valence-electron chi connectivity index (χ1n) is 12.2. The molecule has 4 aromatic carbocycles. The van der Waals surface area contributed by atoms with E-state index in [0.717, 1.165) is 72.6 Å². The number of ether oxygens (including phenoxy) is 2. The second-order valence-corrected chi connectivity index (χ2v) is 9.66. The van der Waals surface area contributed by atoms with Crippen LogP contribution in [0.5, 0.6) is 23.0 Å². The van der Waals surface area contributed by atoms with Gasteiger partial charge in [-0.1, -0.05) is 36.4 Å². The molecule has 170 valence electrons. The number of pyridine rings is 1. The molecule has 0 atom stereocenters. The Bertz CT molecular complexity index is 1890. The molecule has 0 saturated heterocycles. The molecule has 0 amide bonds. The maximum absolute atomic E-state index is 6.66. The summed E-state index contributed by atoms with van der Waals surface area (Å²) in [7, 11) is 2.07. The van der Waals surface area contributed by atoms with E-state index in [1.165, 1.54) is 5.56 Å². The maximum atomic E-state index is 6.66. The molecule has 8 rings (SSSR count). The van der Waals surface area contributed by atoms with Crippen LogP contribution in [0.3, 0.4) is 0 Å². The van der Waals surface area contributed by atoms with Crippen LogP contribution in [-0.4, -0.2) is 6.71 Å². The van der Waals surface area contributed by atoms with Gasteiger partial charge in [-0.25, -0.2) is 4.57 Å². The molecule has 2 aliphatic heterocycles. The number of rotatable bonds is 1. The van der Waals surface area contributed by atoms with Gasteiger partial charge >= 0.3 is 0 Å². The predicted molar refractivity (Wildman–Crippen MR) is 143 cm³/mol. The van der Waals surface area contributed by atoms with E-state index in [2.05, 4.69) is 73.3 Å². The lowest BCUT2D eigenvalue weighted by atomic mass is 9.35. The molecule has 4 heterocycles. The molecule has 0 spiro atoms. The minimum atomic E-state index is 0.0237. The van der Waals surface area contributed by atoms with Gasteiger partial charge < -0.3 is 13.9 Å². The Labute approximate surface area is 208 Å². The Kier molecular flexibility index (Phi) is 3.85. The zero-order valence-electron chi connectivity index (χ0n) is 19.9. The maximum Gasteiger partial charge on any atom is 0.260 e. The quantitative estimate of drug-likeness (QED) is 0.249. The zero-order valence-corrected chi connectivity index (χ0v) is 19.9. The average molecular weight is 466 g/mol. The predicted octanol–water partition coefficient (Wildman–Crippen LogP) is 5.11. The summed E-state index contributed by atoms with van der Waals surface area (Å²) in [6.45, 7) is 2.16. The molecule has 0 saturated carbocycles. The number of fused-ring (bicyclic) bond motifs is 7. The van der Waals surface area contributed by atoms with Crippen LogP contribution < -0.4 is 30.4 Å². The first kappa shape index (κ1) is 19.8. The number of furan rings is 1. The van der Waals surface area contributed by atoms with Gasteiger partial charge in [-0.05, 0) is 59.8 Å². The molecule has 0 radical (unpaired) electrons. The van der Waals surface area contributed by atoms with Crippen molar-refractivity contribution in [2.24, 2.45) is 7.05 Å². The summed E-state index contributed by atoms with van der Waals surface area (Å²) in [5.74, 6) is 3.45. The highest BCUT2D eigenvalue weighted by atomic mass is 16.5. The second-order valence-electron chi connectivity index (χ2n) is 9.66. The van der Waals surface area contributed by atoms with Crippen molar-refractivity contribution in [2.75, 3.05) is 0 Å². The van der Waals surface area contributed by atoms with Crippen molar-refractivity contribution in [1.29, 1.82) is 0 Å². The summed E-state index contributed by atoms with van der Waals surface area (Å²) in [6, 6.07) is 29.2. The number of aryl methyl sites for hydroxylation is 2. The lowest BCUT2D eigenvalue weighted by molar-refractivity contribution is -0.660. The van der Waals surface area contributed by atoms with Crippen LogP contribution in [-0.2, 0) is 7.05 Å². The van der Waals surface area contributed by atoms with Crippen molar-refractivity contribution in [3.8, 4) is 34.3 Å². The highest BCUT2D eigenvalue weighted by Crippen LogP contribution is 2.40. The van der Waals surface area contributed by atoms with Gasteiger partial charge in [-0.3, -0.25) is 0 Å². The van der Waals surface area contributed by atoms with Crippen LogP contribution in [0.25, 0.3) is 33.2 Å². The molecule has 6 aromatic rings. The number of aromatic nitrogens is 1. The molecular formula is C31H21BNO3+. The number of hydrogen-bond donors (Lipinski definition) is 0. The van der Waals surface area contributed by atoms with E-state index < -0.39 is 0 Å². The Morgan fingerprint density at radius 1 is 0.694 bits per heavy atom. The summed E-state index contributed by atoms with van der Waals surface area (Å²) >= 11 is 0.